The van der Waals surface area contributed by atoms with Gasteiger partial charge in [-0.1, -0.05) is 36.4 Å². The van der Waals surface area contributed by atoms with Gasteiger partial charge in [0.2, 0.25) is 0 Å². The lowest BCUT2D eigenvalue weighted by molar-refractivity contribution is 0.439. The fourth-order valence-electron chi connectivity index (χ4n) is 2.36. The molecule has 114 valence electrons. The van der Waals surface area contributed by atoms with Crippen LogP contribution in [0.2, 0.25) is 0 Å². The van der Waals surface area contributed by atoms with Crippen LogP contribution in [0.25, 0.3) is 16.5 Å². The van der Waals surface area contributed by atoms with E-state index in [-0.39, 0.29) is 5.70 Å². The van der Waals surface area contributed by atoms with Crippen molar-refractivity contribution in [2.45, 2.75) is 0 Å². The van der Waals surface area contributed by atoms with Crippen molar-refractivity contribution in [1.29, 1.82) is 5.26 Å². The fraction of sp³-hybridized carbons (Fsp3) is 0. The highest BCUT2D eigenvalue weighted by atomic mass is 16.5. The van der Waals surface area contributed by atoms with Crippen molar-refractivity contribution in [3.63, 3.8) is 0 Å². The smallest absolute Gasteiger partial charge is 0.269 e. The summed E-state index contributed by atoms with van der Waals surface area (Å²) >= 11 is 0. The predicted octanol–water partition coefficient (Wildman–Crippen LogP) is 4.41. The van der Waals surface area contributed by atoms with Crippen LogP contribution >= 0.6 is 0 Å². The second-order valence-electron chi connectivity index (χ2n) is 5.13. The maximum Gasteiger partial charge on any atom is 0.269 e. The average molecular weight is 311 g/mol. The van der Waals surface area contributed by atoms with Gasteiger partial charge in [-0.15, -0.1) is 0 Å². The average Bonchev–Trinajstić information content (AvgIpc) is 2.62. The molecule has 0 fully saturated rings. The van der Waals surface area contributed by atoms with Crippen molar-refractivity contribution in [3.05, 3.63) is 94.7 Å². The first-order chi connectivity index (χ1) is 11.7. The van der Waals surface area contributed by atoms with E-state index in [1.54, 1.807) is 12.2 Å². The molecule has 2 N–H and O–H groups in total. The SMILES string of the molecule is [C-]#[N+]/C(C#N)=C1C=C(/C=C/c2ccc(N)cc2)Oc2ccccc2/1. The summed E-state index contributed by atoms with van der Waals surface area (Å²) in [7, 11) is 0. The van der Waals surface area contributed by atoms with Crippen LogP contribution in [0.5, 0.6) is 5.75 Å². The second-order valence-corrected chi connectivity index (χ2v) is 5.13. The number of nitrogens with two attached hydrogens (primary N) is 1. The summed E-state index contributed by atoms with van der Waals surface area (Å²) < 4.78 is 5.85. The quantitative estimate of drug-likeness (QED) is 0.507. The van der Waals surface area contributed by atoms with E-state index >= 15 is 0 Å². The molecule has 1 heterocycles. The van der Waals surface area contributed by atoms with Gasteiger partial charge < -0.3 is 10.5 Å². The molecular weight excluding hydrogens is 298 g/mol. The number of fused-ring (bicyclic) bond motifs is 1. The summed E-state index contributed by atoms with van der Waals surface area (Å²) in [5.41, 5.74) is 8.72. The molecule has 0 bridgehead atoms. The van der Waals surface area contributed by atoms with Gasteiger partial charge in [0.1, 0.15) is 11.5 Å². The van der Waals surface area contributed by atoms with Crippen LogP contribution in [0, 0.1) is 17.9 Å². The Bertz CT molecular complexity index is 936. The van der Waals surface area contributed by atoms with Crippen LogP contribution in [0.4, 0.5) is 5.69 Å². The highest BCUT2D eigenvalue weighted by Crippen LogP contribution is 2.36. The maximum absolute atomic E-state index is 9.20. The minimum Gasteiger partial charge on any atom is -0.457 e. The largest absolute Gasteiger partial charge is 0.457 e. The van der Waals surface area contributed by atoms with E-state index in [1.165, 1.54) is 0 Å². The highest BCUT2D eigenvalue weighted by Gasteiger charge is 2.18. The summed E-state index contributed by atoms with van der Waals surface area (Å²) in [6, 6.07) is 16.8. The molecule has 0 unspecified atom stereocenters. The molecule has 3 rings (SSSR count). The Hall–Kier alpha value is -3.76. The molecule has 4 nitrogen and oxygen atoms in total. The number of nitrogens with zero attached hydrogens (tertiary/aromatic N) is 2. The number of ether oxygens (including phenoxy) is 1. The number of allylic oxidation sites excluding steroid dienone is 4. The summed E-state index contributed by atoms with van der Waals surface area (Å²) in [6.45, 7) is 7.20. The summed E-state index contributed by atoms with van der Waals surface area (Å²) in [4.78, 5) is 3.32. The van der Waals surface area contributed by atoms with Gasteiger partial charge in [0.15, 0.2) is 0 Å². The van der Waals surface area contributed by atoms with Crippen LogP contribution < -0.4 is 10.5 Å². The van der Waals surface area contributed by atoms with E-state index < -0.39 is 0 Å². The molecule has 0 saturated carbocycles. The summed E-state index contributed by atoms with van der Waals surface area (Å²) in [5, 5.41) is 9.20. The van der Waals surface area contributed by atoms with Crippen LogP contribution in [0.3, 0.4) is 0 Å². The number of hydrogen-bond donors (Lipinski definition) is 1. The molecule has 0 aliphatic carbocycles. The minimum absolute atomic E-state index is 0.0455. The molecule has 1 aliphatic rings. The Morgan fingerprint density at radius 2 is 1.88 bits per heavy atom. The van der Waals surface area contributed by atoms with E-state index in [9.17, 15) is 5.26 Å². The van der Waals surface area contributed by atoms with Crippen LogP contribution in [0.1, 0.15) is 11.1 Å². The van der Waals surface area contributed by atoms with Crippen molar-refractivity contribution >= 4 is 17.3 Å². The lowest BCUT2D eigenvalue weighted by atomic mass is 9.99. The molecule has 0 amide bonds. The van der Waals surface area contributed by atoms with Crippen LogP contribution in [-0.4, -0.2) is 0 Å². The lowest BCUT2D eigenvalue weighted by Gasteiger charge is -2.18. The number of nitrogen functional groups attached to an aromatic ring is 1. The molecule has 2 aromatic carbocycles. The van der Waals surface area contributed by atoms with E-state index in [1.807, 2.05) is 60.7 Å². The van der Waals surface area contributed by atoms with Gasteiger partial charge >= 0.3 is 0 Å². The van der Waals surface area contributed by atoms with Crippen molar-refractivity contribution in [3.8, 4) is 11.8 Å². The third kappa shape index (κ3) is 3.04. The molecule has 2 aromatic rings. The molecule has 4 heteroatoms. The van der Waals surface area contributed by atoms with Gasteiger partial charge in [0.05, 0.1) is 12.6 Å². The van der Waals surface area contributed by atoms with Gasteiger partial charge in [-0.3, -0.25) is 0 Å². The Labute approximate surface area is 140 Å². The van der Waals surface area contributed by atoms with Gasteiger partial charge in [0.25, 0.3) is 5.70 Å². The van der Waals surface area contributed by atoms with Crippen LogP contribution in [-0.2, 0) is 0 Å². The normalized spacial score (nSPS) is 14.8. The highest BCUT2D eigenvalue weighted by molar-refractivity contribution is 5.85. The minimum atomic E-state index is 0.0455. The zero-order valence-electron chi connectivity index (χ0n) is 12.7. The van der Waals surface area contributed by atoms with Crippen molar-refractivity contribution < 1.29 is 4.74 Å². The van der Waals surface area contributed by atoms with Crippen molar-refractivity contribution in [2.24, 2.45) is 0 Å². The third-order valence-electron chi connectivity index (χ3n) is 3.54. The van der Waals surface area contributed by atoms with E-state index in [0.717, 1.165) is 11.1 Å². The summed E-state index contributed by atoms with van der Waals surface area (Å²) in [5.74, 6) is 1.19. The molecular formula is C20H13N3O. The molecule has 0 atom stereocenters. The number of anilines is 1. The second kappa shape index (κ2) is 6.56. The standard InChI is InChI=1S/C20H13N3O/c1-23-19(13-21)18-12-16(24-20-5-3-2-4-17(18)20)11-8-14-6-9-15(22)10-7-14/h2-12H,22H2/b11-8+,19-18-. The molecule has 24 heavy (non-hydrogen) atoms. The lowest BCUT2D eigenvalue weighted by Crippen LogP contribution is -2.03. The van der Waals surface area contributed by atoms with E-state index in [4.69, 9.17) is 17.0 Å². The molecule has 1 aliphatic heterocycles. The van der Waals surface area contributed by atoms with Gasteiger partial charge in [0, 0.05) is 16.8 Å². The third-order valence-corrected chi connectivity index (χ3v) is 3.54. The Morgan fingerprint density at radius 1 is 1.12 bits per heavy atom. The number of hydrogen-bond acceptors (Lipinski definition) is 3. The Morgan fingerprint density at radius 3 is 2.58 bits per heavy atom. The number of benzene rings is 2. The zero-order chi connectivity index (χ0) is 16.9. The van der Waals surface area contributed by atoms with Crippen molar-refractivity contribution in [2.75, 3.05) is 5.73 Å². The first-order valence-electron chi connectivity index (χ1n) is 7.25. The molecule has 0 spiro atoms. The fourth-order valence-corrected chi connectivity index (χ4v) is 2.36. The van der Waals surface area contributed by atoms with Crippen molar-refractivity contribution in [1.82, 2.24) is 0 Å². The number of para-hydroxylation sites is 1. The first kappa shape index (κ1) is 15.1. The molecule has 0 saturated heterocycles. The van der Waals surface area contributed by atoms with Gasteiger partial charge in [-0.25, -0.2) is 10.1 Å². The number of nitriles is 1. The first-order valence-corrected chi connectivity index (χ1v) is 7.25. The summed E-state index contributed by atoms with van der Waals surface area (Å²) in [6.07, 6.45) is 5.41. The predicted molar refractivity (Wildman–Crippen MR) is 94.2 cm³/mol. The Kier molecular flexibility index (Phi) is 4.14. The van der Waals surface area contributed by atoms with E-state index in [0.29, 0.717) is 22.8 Å². The maximum atomic E-state index is 9.20. The molecule has 0 radical (unpaired) electrons. The van der Waals surface area contributed by atoms with E-state index in [2.05, 4.69) is 4.85 Å². The number of rotatable bonds is 2. The molecule has 0 aromatic heterocycles. The topological polar surface area (TPSA) is 63.4 Å². The Balaban J connectivity index is 2.01. The monoisotopic (exact) mass is 311 g/mol. The van der Waals surface area contributed by atoms with Crippen LogP contribution in [0.15, 0.2) is 72.1 Å². The zero-order valence-corrected chi connectivity index (χ0v) is 12.7. The van der Waals surface area contributed by atoms with Gasteiger partial charge in [-0.05, 0) is 35.9 Å². The van der Waals surface area contributed by atoms with Gasteiger partial charge in [-0.2, -0.15) is 0 Å².